The topological polar surface area (TPSA) is 41.9 Å². The summed E-state index contributed by atoms with van der Waals surface area (Å²) in [6, 6.07) is 15.4. The van der Waals surface area contributed by atoms with Gasteiger partial charge in [0.2, 0.25) is 0 Å². The Morgan fingerprint density at radius 3 is 2.73 bits per heavy atom. The van der Waals surface area contributed by atoms with Crippen LogP contribution in [0.15, 0.2) is 67.0 Å². The molecular formula is C21H21FN4. The molecule has 2 N–H and O–H groups in total. The molecule has 0 atom stereocenters. The van der Waals surface area contributed by atoms with Crippen LogP contribution in [0.3, 0.4) is 0 Å². The molecule has 1 aromatic heterocycles. The van der Waals surface area contributed by atoms with E-state index in [1.807, 2.05) is 6.07 Å². The number of anilines is 1. The average molecular weight is 348 g/mol. The summed E-state index contributed by atoms with van der Waals surface area (Å²) in [5.74, 6) is -0.277. The highest BCUT2D eigenvalue weighted by Gasteiger charge is 2.07. The van der Waals surface area contributed by atoms with Crippen molar-refractivity contribution in [3.05, 3.63) is 83.9 Å². The molecule has 0 saturated heterocycles. The lowest BCUT2D eigenvalue weighted by molar-refractivity contribution is 0.609. The third-order valence-corrected chi connectivity index (χ3v) is 4.58. The Balaban J connectivity index is 1.41. The first kappa shape index (κ1) is 16.5. The Hall–Kier alpha value is -2.92. The molecule has 1 aliphatic rings. The van der Waals surface area contributed by atoms with Crippen LogP contribution in [0.5, 0.6) is 0 Å². The molecule has 0 aliphatic carbocycles. The van der Waals surface area contributed by atoms with Gasteiger partial charge >= 0.3 is 0 Å². The molecular weight excluding hydrogens is 327 g/mol. The van der Waals surface area contributed by atoms with Crippen LogP contribution in [0.25, 0.3) is 11.3 Å². The molecule has 0 bridgehead atoms. The molecule has 0 amide bonds. The van der Waals surface area contributed by atoms with Crippen LogP contribution in [0, 0.1) is 5.82 Å². The van der Waals surface area contributed by atoms with E-state index < -0.39 is 0 Å². The summed E-state index contributed by atoms with van der Waals surface area (Å²) in [5.41, 5.74) is 5.04. The van der Waals surface area contributed by atoms with Crippen molar-refractivity contribution in [1.82, 2.24) is 15.1 Å². The normalized spacial score (nSPS) is 14.1. The van der Waals surface area contributed by atoms with Crippen molar-refractivity contribution in [2.24, 2.45) is 0 Å². The molecule has 0 radical (unpaired) electrons. The molecule has 4 nitrogen and oxygen atoms in total. The zero-order valence-corrected chi connectivity index (χ0v) is 14.5. The standard InChI is InChI=1S/C21H21FN4/c22-20-14-16(2-7-21(20)26-13-1-10-25-26)15-24-19-5-3-17(4-6-19)18-8-11-23-12-9-18/h1-8,10,13-14,23-24H,9,11-12,15H2. The highest BCUT2D eigenvalue weighted by molar-refractivity contribution is 5.68. The van der Waals surface area contributed by atoms with Crippen LogP contribution in [0.2, 0.25) is 0 Å². The number of hydrogen-bond donors (Lipinski definition) is 2. The minimum atomic E-state index is -0.277. The van der Waals surface area contributed by atoms with Gasteiger partial charge in [0.25, 0.3) is 0 Å². The monoisotopic (exact) mass is 348 g/mol. The van der Waals surface area contributed by atoms with E-state index in [0.29, 0.717) is 12.2 Å². The molecule has 0 saturated carbocycles. The molecule has 2 heterocycles. The van der Waals surface area contributed by atoms with Crippen molar-refractivity contribution < 1.29 is 4.39 Å². The van der Waals surface area contributed by atoms with Gasteiger partial charge in [-0.05, 0) is 60.0 Å². The summed E-state index contributed by atoms with van der Waals surface area (Å²) in [6.45, 7) is 2.55. The first-order valence-electron chi connectivity index (χ1n) is 8.82. The largest absolute Gasteiger partial charge is 0.381 e. The smallest absolute Gasteiger partial charge is 0.149 e. The highest BCUT2D eigenvalue weighted by atomic mass is 19.1. The number of hydrogen-bond acceptors (Lipinski definition) is 3. The van der Waals surface area contributed by atoms with E-state index in [1.54, 1.807) is 30.6 Å². The minimum Gasteiger partial charge on any atom is -0.381 e. The van der Waals surface area contributed by atoms with E-state index >= 15 is 0 Å². The molecule has 26 heavy (non-hydrogen) atoms. The number of benzene rings is 2. The Morgan fingerprint density at radius 1 is 1.15 bits per heavy atom. The van der Waals surface area contributed by atoms with E-state index in [0.717, 1.165) is 30.8 Å². The van der Waals surface area contributed by atoms with Crippen molar-refractivity contribution in [2.75, 3.05) is 18.4 Å². The molecule has 0 spiro atoms. The molecule has 132 valence electrons. The maximum Gasteiger partial charge on any atom is 0.149 e. The second kappa shape index (κ2) is 7.54. The summed E-state index contributed by atoms with van der Waals surface area (Å²) >= 11 is 0. The minimum absolute atomic E-state index is 0.277. The molecule has 3 aromatic rings. The lowest BCUT2D eigenvalue weighted by atomic mass is 10.00. The Kier molecular flexibility index (Phi) is 4.80. The molecule has 0 unspecified atom stereocenters. The van der Waals surface area contributed by atoms with E-state index in [-0.39, 0.29) is 5.82 Å². The highest BCUT2D eigenvalue weighted by Crippen LogP contribution is 2.22. The first-order valence-corrected chi connectivity index (χ1v) is 8.82. The number of nitrogens with one attached hydrogen (secondary N) is 2. The van der Waals surface area contributed by atoms with Gasteiger partial charge in [-0.25, -0.2) is 9.07 Å². The van der Waals surface area contributed by atoms with Gasteiger partial charge in [-0.1, -0.05) is 24.3 Å². The quantitative estimate of drug-likeness (QED) is 0.732. The molecule has 2 aromatic carbocycles. The number of halogens is 1. The van der Waals surface area contributed by atoms with Gasteiger partial charge in [0.1, 0.15) is 11.5 Å². The predicted molar refractivity (Wildman–Crippen MR) is 103 cm³/mol. The Bertz CT molecular complexity index is 898. The van der Waals surface area contributed by atoms with Crippen molar-refractivity contribution in [1.29, 1.82) is 0 Å². The van der Waals surface area contributed by atoms with E-state index in [4.69, 9.17) is 0 Å². The maximum atomic E-state index is 14.3. The summed E-state index contributed by atoms with van der Waals surface area (Å²) in [6.07, 6.45) is 6.68. The average Bonchev–Trinajstić information content (AvgIpc) is 3.22. The molecule has 1 aliphatic heterocycles. The number of rotatable bonds is 5. The van der Waals surface area contributed by atoms with Crippen LogP contribution >= 0.6 is 0 Å². The van der Waals surface area contributed by atoms with Crippen molar-refractivity contribution in [3.8, 4) is 5.69 Å². The van der Waals surface area contributed by atoms with Crippen molar-refractivity contribution in [2.45, 2.75) is 13.0 Å². The van der Waals surface area contributed by atoms with Gasteiger partial charge < -0.3 is 10.6 Å². The summed E-state index contributed by atoms with van der Waals surface area (Å²) < 4.78 is 15.8. The van der Waals surface area contributed by atoms with E-state index in [1.165, 1.54) is 15.8 Å². The third kappa shape index (κ3) is 3.68. The third-order valence-electron chi connectivity index (χ3n) is 4.58. The second-order valence-corrected chi connectivity index (χ2v) is 6.35. The van der Waals surface area contributed by atoms with Crippen LogP contribution in [-0.4, -0.2) is 22.9 Å². The first-order chi connectivity index (χ1) is 12.8. The zero-order valence-electron chi connectivity index (χ0n) is 14.5. The van der Waals surface area contributed by atoms with Gasteiger partial charge in [-0.15, -0.1) is 0 Å². The van der Waals surface area contributed by atoms with Crippen molar-refractivity contribution >= 4 is 11.3 Å². The summed E-state index contributed by atoms with van der Waals surface area (Å²) in [4.78, 5) is 0. The van der Waals surface area contributed by atoms with Gasteiger partial charge in [0.05, 0.1) is 0 Å². The Labute approximate surface area is 152 Å². The van der Waals surface area contributed by atoms with Gasteiger partial charge in [-0.3, -0.25) is 0 Å². The zero-order chi connectivity index (χ0) is 17.8. The van der Waals surface area contributed by atoms with Crippen LogP contribution in [0.4, 0.5) is 10.1 Å². The lowest BCUT2D eigenvalue weighted by Crippen LogP contribution is -2.19. The van der Waals surface area contributed by atoms with E-state index in [9.17, 15) is 4.39 Å². The predicted octanol–water partition coefficient (Wildman–Crippen LogP) is 4.00. The molecule has 4 rings (SSSR count). The van der Waals surface area contributed by atoms with Crippen LogP contribution < -0.4 is 10.6 Å². The maximum absolute atomic E-state index is 14.3. The SMILES string of the molecule is Fc1cc(CNc2ccc(C3=CCNCC3)cc2)ccc1-n1cccn1. The fourth-order valence-electron chi connectivity index (χ4n) is 3.15. The number of aromatic nitrogens is 2. The second-order valence-electron chi connectivity index (χ2n) is 6.35. The fraction of sp³-hybridized carbons (Fsp3) is 0.190. The van der Waals surface area contributed by atoms with Crippen LogP contribution in [-0.2, 0) is 6.54 Å². The van der Waals surface area contributed by atoms with Gasteiger partial charge in [0.15, 0.2) is 0 Å². The van der Waals surface area contributed by atoms with Crippen LogP contribution in [0.1, 0.15) is 17.5 Å². The van der Waals surface area contributed by atoms with Gasteiger partial charge in [0, 0.05) is 31.2 Å². The number of nitrogens with zero attached hydrogens (tertiary/aromatic N) is 2. The fourth-order valence-corrected chi connectivity index (χ4v) is 3.15. The van der Waals surface area contributed by atoms with Gasteiger partial charge in [-0.2, -0.15) is 5.10 Å². The Morgan fingerprint density at radius 2 is 2.04 bits per heavy atom. The lowest BCUT2D eigenvalue weighted by Gasteiger charge is -2.15. The summed E-state index contributed by atoms with van der Waals surface area (Å²) in [5, 5.41) is 10.7. The summed E-state index contributed by atoms with van der Waals surface area (Å²) in [7, 11) is 0. The molecule has 0 fully saturated rings. The van der Waals surface area contributed by atoms with E-state index in [2.05, 4.69) is 46.1 Å². The molecule has 5 heteroatoms. The van der Waals surface area contributed by atoms with Crippen molar-refractivity contribution in [3.63, 3.8) is 0 Å².